The number of hydrogen-bond acceptors (Lipinski definition) is 4. The lowest BCUT2D eigenvalue weighted by Gasteiger charge is -2.25. The molecule has 6 heteroatoms. The monoisotopic (exact) mass is 353 g/mol. The summed E-state index contributed by atoms with van der Waals surface area (Å²) in [7, 11) is 7.70. The molecule has 0 saturated carbocycles. The topological polar surface area (TPSA) is 36.0 Å². The molecule has 1 aromatic carbocycles. The van der Waals surface area contributed by atoms with Gasteiger partial charge in [0.2, 0.25) is 5.91 Å². The van der Waals surface area contributed by atoms with Crippen molar-refractivity contribution in [1.82, 2.24) is 14.7 Å². The predicted octanol–water partition coefficient (Wildman–Crippen LogP) is 2.33. The molecule has 5 nitrogen and oxygen atoms in total. The third-order valence-corrected chi connectivity index (χ3v) is 4.98. The fraction of sp³-hybridized carbons (Fsp3) is 0.611. The number of nitrogens with zero attached hydrogens (tertiary/aromatic N) is 3. The van der Waals surface area contributed by atoms with Gasteiger partial charge in [0.25, 0.3) is 0 Å². The van der Waals surface area contributed by atoms with Gasteiger partial charge >= 0.3 is 0 Å². The number of rotatable bonds is 7. The van der Waals surface area contributed by atoms with Gasteiger partial charge in [-0.3, -0.25) is 4.79 Å². The van der Waals surface area contributed by atoms with E-state index in [0.717, 1.165) is 30.9 Å². The third kappa shape index (κ3) is 5.10. The zero-order valence-corrected chi connectivity index (χ0v) is 15.8. The first-order valence-electron chi connectivity index (χ1n) is 8.36. The number of carbonyl (C=O) groups is 1. The van der Waals surface area contributed by atoms with Crippen LogP contribution in [0.5, 0.6) is 5.75 Å². The highest BCUT2D eigenvalue weighted by Crippen LogP contribution is 2.24. The zero-order valence-electron chi connectivity index (χ0n) is 15.1. The molecule has 1 atom stereocenters. The van der Waals surface area contributed by atoms with Crippen LogP contribution in [0.4, 0.5) is 0 Å². The van der Waals surface area contributed by atoms with E-state index in [1.54, 1.807) is 18.1 Å². The second-order valence-corrected chi connectivity index (χ2v) is 7.08. The maximum Gasteiger partial charge on any atom is 0.223 e. The Morgan fingerprint density at radius 2 is 2.17 bits per heavy atom. The molecule has 0 N–H and O–H groups in total. The number of benzene rings is 1. The van der Waals surface area contributed by atoms with Crippen molar-refractivity contribution in [3.63, 3.8) is 0 Å². The summed E-state index contributed by atoms with van der Waals surface area (Å²) in [5.74, 6) is 0.889. The Morgan fingerprint density at radius 1 is 1.42 bits per heavy atom. The molecule has 1 aliphatic heterocycles. The minimum absolute atomic E-state index is 0.134. The molecule has 0 aliphatic carbocycles. The summed E-state index contributed by atoms with van der Waals surface area (Å²) in [6.07, 6.45) is 1.70. The number of likely N-dealkylation sites (tertiary alicyclic amines) is 1. The highest BCUT2D eigenvalue weighted by molar-refractivity contribution is 6.30. The Balaban J connectivity index is 1.85. The van der Waals surface area contributed by atoms with E-state index >= 15 is 0 Å². The summed E-state index contributed by atoms with van der Waals surface area (Å²) >= 11 is 6.05. The smallest absolute Gasteiger partial charge is 0.223 e. The molecule has 0 spiro atoms. The SMILES string of the molecule is COc1ccc(Cl)cc1CN(C)C(=O)CCN(C)[C@@H]1CCN(C)C1. The maximum atomic E-state index is 12.4. The van der Waals surface area contributed by atoms with E-state index in [-0.39, 0.29) is 5.91 Å². The van der Waals surface area contributed by atoms with E-state index in [9.17, 15) is 4.79 Å². The van der Waals surface area contributed by atoms with Crippen LogP contribution >= 0.6 is 11.6 Å². The largest absolute Gasteiger partial charge is 0.496 e. The average Bonchev–Trinajstić information content (AvgIpc) is 2.99. The summed E-state index contributed by atoms with van der Waals surface area (Å²) in [6.45, 7) is 3.50. The van der Waals surface area contributed by atoms with Crippen LogP contribution in [0, 0.1) is 0 Å². The normalized spacial score (nSPS) is 18.2. The van der Waals surface area contributed by atoms with Crippen molar-refractivity contribution in [2.45, 2.75) is 25.4 Å². The molecule has 1 fully saturated rings. The summed E-state index contributed by atoms with van der Waals surface area (Å²) < 4.78 is 5.35. The first kappa shape index (κ1) is 19.0. The summed E-state index contributed by atoms with van der Waals surface area (Å²) in [5.41, 5.74) is 0.923. The molecule has 0 aromatic heterocycles. The van der Waals surface area contributed by atoms with Gasteiger partial charge < -0.3 is 19.4 Å². The first-order valence-corrected chi connectivity index (χ1v) is 8.73. The molecule has 1 aromatic rings. The van der Waals surface area contributed by atoms with Gasteiger partial charge in [0.1, 0.15) is 5.75 Å². The molecule has 134 valence electrons. The van der Waals surface area contributed by atoms with Crippen molar-refractivity contribution in [3.05, 3.63) is 28.8 Å². The lowest BCUT2D eigenvalue weighted by atomic mass is 10.2. The Kier molecular flexibility index (Phi) is 6.90. The highest BCUT2D eigenvalue weighted by Gasteiger charge is 2.23. The fourth-order valence-electron chi connectivity index (χ4n) is 3.13. The minimum Gasteiger partial charge on any atom is -0.496 e. The van der Waals surface area contributed by atoms with E-state index in [2.05, 4.69) is 23.9 Å². The van der Waals surface area contributed by atoms with Crippen molar-refractivity contribution < 1.29 is 9.53 Å². The van der Waals surface area contributed by atoms with Gasteiger partial charge in [-0.2, -0.15) is 0 Å². The molecular weight excluding hydrogens is 326 g/mol. The molecule has 0 radical (unpaired) electrons. The molecule has 0 bridgehead atoms. The van der Waals surface area contributed by atoms with Crippen molar-refractivity contribution in [2.75, 3.05) is 47.9 Å². The van der Waals surface area contributed by atoms with Crippen molar-refractivity contribution in [1.29, 1.82) is 0 Å². The van der Waals surface area contributed by atoms with Crippen LogP contribution < -0.4 is 4.74 Å². The number of ether oxygens (including phenoxy) is 1. The van der Waals surface area contributed by atoms with Gasteiger partial charge in [0.05, 0.1) is 7.11 Å². The zero-order chi connectivity index (χ0) is 17.7. The highest BCUT2D eigenvalue weighted by atomic mass is 35.5. The lowest BCUT2D eigenvalue weighted by Crippen LogP contribution is -2.37. The van der Waals surface area contributed by atoms with Crippen LogP contribution in [0.3, 0.4) is 0 Å². The standard InChI is InChI=1S/C18H28ClN3O2/c1-20-9-7-16(13-20)21(2)10-8-18(23)22(3)12-14-11-15(19)5-6-17(14)24-4/h5-6,11,16H,7-10,12-13H2,1-4H3/t16-/m1/s1. The van der Waals surface area contributed by atoms with E-state index in [4.69, 9.17) is 16.3 Å². The Morgan fingerprint density at radius 3 is 2.79 bits per heavy atom. The minimum atomic E-state index is 0.134. The average molecular weight is 354 g/mol. The summed E-state index contributed by atoms with van der Waals surface area (Å²) in [4.78, 5) is 18.8. The van der Waals surface area contributed by atoms with Crippen LogP contribution in [0.15, 0.2) is 18.2 Å². The summed E-state index contributed by atoms with van der Waals surface area (Å²) in [6, 6.07) is 6.03. The second-order valence-electron chi connectivity index (χ2n) is 6.64. The lowest BCUT2D eigenvalue weighted by molar-refractivity contribution is -0.130. The fourth-order valence-corrected chi connectivity index (χ4v) is 3.33. The van der Waals surface area contributed by atoms with Gasteiger partial charge in [0.15, 0.2) is 0 Å². The Labute approximate surface area is 150 Å². The van der Waals surface area contributed by atoms with Gasteiger partial charge in [-0.1, -0.05) is 11.6 Å². The second kappa shape index (κ2) is 8.70. The molecule has 0 unspecified atom stereocenters. The van der Waals surface area contributed by atoms with E-state index in [0.29, 0.717) is 24.0 Å². The number of halogens is 1. The van der Waals surface area contributed by atoms with Crippen LogP contribution in [0.2, 0.25) is 5.02 Å². The van der Waals surface area contributed by atoms with Gasteiger partial charge in [0, 0.05) is 49.7 Å². The van der Waals surface area contributed by atoms with Gasteiger partial charge in [-0.15, -0.1) is 0 Å². The maximum absolute atomic E-state index is 12.4. The first-order chi connectivity index (χ1) is 11.4. The summed E-state index contributed by atoms with van der Waals surface area (Å²) in [5, 5.41) is 0.650. The van der Waals surface area contributed by atoms with Crippen LogP contribution in [-0.2, 0) is 11.3 Å². The van der Waals surface area contributed by atoms with E-state index < -0.39 is 0 Å². The number of hydrogen-bond donors (Lipinski definition) is 0. The van der Waals surface area contributed by atoms with E-state index in [1.165, 1.54) is 6.42 Å². The quantitative estimate of drug-likeness (QED) is 0.753. The van der Waals surface area contributed by atoms with Gasteiger partial charge in [-0.25, -0.2) is 0 Å². The van der Waals surface area contributed by atoms with Gasteiger partial charge in [-0.05, 0) is 45.3 Å². The molecule has 1 heterocycles. The van der Waals surface area contributed by atoms with Crippen molar-refractivity contribution in [2.24, 2.45) is 0 Å². The van der Waals surface area contributed by atoms with Crippen molar-refractivity contribution in [3.8, 4) is 5.75 Å². The third-order valence-electron chi connectivity index (χ3n) is 4.74. The molecule has 24 heavy (non-hydrogen) atoms. The predicted molar refractivity (Wildman–Crippen MR) is 97.6 cm³/mol. The molecule has 1 amide bonds. The van der Waals surface area contributed by atoms with Crippen molar-refractivity contribution >= 4 is 17.5 Å². The Bertz CT molecular complexity index is 567. The number of carbonyl (C=O) groups excluding carboxylic acids is 1. The molecular formula is C18H28ClN3O2. The van der Waals surface area contributed by atoms with E-state index in [1.807, 2.05) is 19.2 Å². The van der Waals surface area contributed by atoms with Crippen LogP contribution in [-0.4, -0.2) is 74.5 Å². The number of methoxy groups -OCH3 is 1. The number of amides is 1. The molecule has 2 rings (SSSR count). The molecule has 1 saturated heterocycles. The van der Waals surface area contributed by atoms with Crippen LogP contribution in [0.1, 0.15) is 18.4 Å². The molecule has 1 aliphatic rings. The van der Waals surface area contributed by atoms with Crippen LogP contribution in [0.25, 0.3) is 0 Å². The Hall–Kier alpha value is -1.30. The number of likely N-dealkylation sites (N-methyl/N-ethyl adjacent to an activating group) is 2.